The molecule has 0 aliphatic carbocycles. The van der Waals surface area contributed by atoms with Crippen LogP contribution in [0.25, 0.3) is 10.9 Å². The van der Waals surface area contributed by atoms with Gasteiger partial charge in [-0.1, -0.05) is 12.1 Å². The molecule has 0 atom stereocenters. The van der Waals surface area contributed by atoms with Gasteiger partial charge in [-0.3, -0.25) is 0 Å². The first-order valence-electron chi connectivity index (χ1n) is 5.07. The van der Waals surface area contributed by atoms with Crippen LogP contribution in [-0.2, 0) is 18.0 Å². The number of hydrogen-bond acceptors (Lipinski definition) is 2. The molecule has 0 bridgehead atoms. The summed E-state index contributed by atoms with van der Waals surface area (Å²) in [6.07, 6.45) is 2.06. The number of fused-ring (bicyclic) bond motifs is 1. The lowest BCUT2D eigenvalue weighted by atomic mass is 10.1. The van der Waals surface area contributed by atoms with Crippen LogP contribution >= 0.6 is 0 Å². The molecule has 3 heteroatoms. The third kappa shape index (κ3) is 1.89. The number of hydrogen-bond donors (Lipinski definition) is 1. The van der Waals surface area contributed by atoms with Gasteiger partial charge in [-0.2, -0.15) is 0 Å². The molecular weight excluding hydrogens is 188 g/mol. The van der Waals surface area contributed by atoms with Crippen LogP contribution in [0, 0.1) is 0 Å². The van der Waals surface area contributed by atoms with Crippen LogP contribution in [0.3, 0.4) is 0 Å². The SMILES string of the molecule is CNCc1cccc2c1ccn2COC. The minimum Gasteiger partial charge on any atom is -0.364 e. The summed E-state index contributed by atoms with van der Waals surface area (Å²) in [5.41, 5.74) is 2.55. The maximum Gasteiger partial charge on any atom is 0.122 e. The van der Waals surface area contributed by atoms with Gasteiger partial charge in [0.1, 0.15) is 6.73 Å². The number of aromatic nitrogens is 1. The van der Waals surface area contributed by atoms with Gasteiger partial charge in [0.15, 0.2) is 0 Å². The van der Waals surface area contributed by atoms with Crippen molar-refractivity contribution in [2.24, 2.45) is 0 Å². The Morgan fingerprint density at radius 3 is 2.93 bits per heavy atom. The molecule has 1 heterocycles. The van der Waals surface area contributed by atoms with Crippen molar-refractivity contribution < 1.29 is 4.74 Å². The molecule has 0 spiro atoms. The first-order chi connectivity index (χ1) is 7.36. The van der Waals surface area contributed by atoms with Crippen molar-refractivity contribution in [3.8, 4) is 0 Å². The first kappa shape index (κ1) is 10.2. The summed E-state index contributed by atoms with van der Waals surface area (Å²) in [5.74, 6) is 0. The van der Waals surface area contributed by atoms with E-state index in [9.17, 15) is 0 Å². The molecule has 0 fully saturated rings. The average Bonchev–Trinajstić information content (AvgIpc) is 2.64. The third-order valence-electron chi connectivity index (χ3n) is 2.54. The first-order valence-corrected chi connectivity index (χ1v) is 5.07. The summed E-state index contributed by atoms with van der Waals surface area (Å²) in [4.78, 5) is 0. The van der Waals surface area contributed by atoms with E-state index < -0.39 is 0 Å². The minimum atomic E-state index is 0.604. The second kappa shape index (κ2) is 4.47. The highest BCUT2D eigenvalue weighted by Gasteiger charge is 2.03. The zero-order valence-corrected chi connectivity index (χ0v) is 9.16. The van der Waals surface area contributed by atoms with E-state index in [0.29, 0.717) is 6.73 Å². The average molecular weight is 204 g/mol. The number of benzene rings is 1. The molecule has 1 aromatic carbocycles. The Morgan fingerprint density at radius 1 is 1.33 bits per heavy atom. The normalized spacial score (nSPS) is 11.1. The molecular formula is C12H16N2O. The molecule has 0 unspecified atom stereocenters. The van der Waals surface area contributed by atoms with E-state index in [1.54, 1.807) is 7.11 Å². The Morgan fingerprint density at radius 2 is 2.20 bits per heavy atom. The summed E-state index contributed by atoms with van der Waals surface area (Å²) in [5, 5.41) is 4.47. The lowest BCUT2D eigenvalue weighted by Crippen LogP contribution is -2.05. The van der Waals surface area contributed by atoms with Crippen molar-refractivity contribution in [1.82, 2.24) is 9.88 Å². The van der Waals surface area contributed by atoms with Crippen molar-refractivity contribution in [2.75, 3.05) is 14.2 Å². The second-order valence-corrected chi connectivity index (χ2v) is 3.58. The van der Waals surface area contributed by atoms with Gasteiger partial charge >= 0.3 is 0 Å². The van der Waals surface area contributed by atoms with E-state index in [1.807, 2.05) is 7.05 Å². The molecule has 80 valence electrons. The molecule has 0 radical (unpaired) electrons. The second-order valence-electron chi connectivity index (χ2n) is 3.58. The summed E-state index contributed by atoms with van der Waals surface area (Å²) < 4.78 is 7.25. The van der Waals surface area contributed by atoms with Crippen LogP contribution in [0.1, 0.15) is 5.56 Å². The highest BCUT2D eigenvalue weighted by Crippen LogP contribution is 2.20. The minimum absolute atomic E-state index is 0.604. The summed E-state index contributed by atoms with van der Waals surface area (Å²) >= 11 is 0. The predicted molar refractivity (Wildman–Crippen MR) is 61.7 cm³/mol. The molecule has 0 saturated carbocycles. The van der Waals surface area contributed by atoms with Crippen molar-refractivity contribution in [2.45, 2.75) is 13.3 Å². The van der Waals surface area contributed by atoms with Gasteiger partial charge in [0.05, 0.1) is 5.52 Å². The van der Waals surface area contributed by atoms with E-state index in [-0.39, 0.29) is 0 Å². The number of rotatable bonds is 4. The molecule has 1 N–H and O–H groups in total. The number of nitrogens with one attached hydrogen (secondary N) is 1. The largest absolute Gasteiger partial charge is 0.364 e. The predicted octanol–water partition coefficient (Wildman–Crippen LogP) is 1.96. The van der Waals surface area contributed by atoms with Crippen molar-refractivity contribution >= 4 is 10.9 Å². The topological polar surface area (TPSA) is 26.2 Å². The fourth-order valence-electron chi connectivity index (χ4n) is 1.88. The molecule has 2 aromatic rings. The Hall–Kier alpha value is -1.32. The molecule has 1 aromatic heterocycles. The van der Waals surface area contributed by atoms with Gasteiger partial charge in [0, 0.05) is 25.2 Å². The van der Waals surface area contributed by atoms with Gasteiger partial charge in [0.2, 0.25) is 0 Å². The van der Waals surface area contributed by atoms with E-state index in [0.717, 1.165) is 6.54 Å². The Balaban J connectivity index is 2.48. The highest BCUT2D eigenvalue weighted by atomic mass is 16.5. The Bertz CT molecular complexity index is 448. The van der Waals surface area contributed by atoms with E-state index >= 15 is 0 Å². The van der Waals surface area contributed by atoms with Crippen LogP contribution in [0.2, 0.25) is 0 Å². The molecule has 15 heavy (non-hydrogen) atoms. The van der Waals surface area contributed by atoms with Gasteiger partial charge in [-0.15, -0.1) is 0 Å². The molecule has 0 aliphatic heterocycles. The van der Waals surface area contributed by atoms with E-state index in [1.165, 1.54) is 16.5 Å². The zero-order valence-electron chi connectivity index (χ0n) is 9.16. The van der Waals surface area contributed by atoms with Crippen LogP contribution in [0.4, 0.5) is 0 Å². The number of methoxy groups -OCH3 is 1. The molecule has 3 nitrogen and oxygen atoms in total. The van der Waals surface area contributed by atoms with Crippen LogP contribution in [0.15, 0.2) is 30.5 Å². The fourth-order valence-corrected chi connectivity index (χ4v) is 1.88. The maximum absolute atomic E-state index is 5.14. The number of nitrogens with zero attached hydrogens (tertiary/aromatic N) is 1. The van der Waals surface area contributed by atoms with E-state index in [2.05, 4.69) is 40.3 Å². The highest BCUT2D eigenvalue weighted by molar-refractivity contribution is 5.83. The van der Waals surface area contributed by atoms with Gasteiger partial charge in [-0.05, 0) is 24.7 Å². The van der Waals surface area contributed by atoms with E-state index in [4.69, 9.17) is 4.74 Å². The molecule has 0 aliphatic rings. The van der Waals surface area contributed by atoms with Crippen molar-refractivity contribution in [3.05, 3.63) is 36.0 Å². The molecule has 2 rings (SSSR count). The smallest absolute Gasteiger partial charge is 0.122 e. The lowest BCUT2D eigenvalue weighted by molar-refractivity contribution is 0.135. The fraction of sp³-hybridized carbons (Fsp3) is 0.333. The molecule has 0 amide bonds. The van der Waals surface area contributed by atoms with Crippen LogP contribution in [0.5, 0.6) is 0 Å². The Labute approximate surface area is 89.7 Å². The van der Waals surface area contributed by atoms with Crippen molar-refractivity contribution in [1.29, 1.82) is 0 Å². The van der Waals surface area contributed by atoms with Gasteiger partial charge < -0.3 is 14.6 Å². The van der Waals surface area contributed by atoms with Crippen molar-refractivity contribution in [3.63, 3.8) is 0 Å². The standard InChI is InChI=1S/C12H16N2O/c1-13-8-10-4-3-5-12-11(10)6-7-14(12)9-15-2/h3-7,13H,8-9H2,1-2H3. The van der Waals surface area contributed by atoms with Gasteiger partial charge in [-0.25, -0.2) is 0 Å². The Kier molecular flexibility index (Phi) is 3.04. The third-order valence-corrected chi connectivity index (χ3v) is 2.54. The summed E-state index contributed by atoms with van der Waals surface area (Å²) in [6, 6.07) is 8.49. The lowest BCUT2D eigenvalue weighted by Gasteiger charge is -2.05. The zero-order chi connectivity index (χ0) is 10.7. The molecule has 0 saturated heterocycles. The number of ether oxygens (including phenoxy) is 1. The maximum atomic E-state index is 5.14. The quantitative estimate of drug-likeness (QED) is 0.824. The van der Waals surface area contributed by atoms with Crippen LogP contribution < -0.4 is 5.32 Å². The summed E-state index contributed by atoms with van der Waals surface area (Å²) in [7, 11) is 3.67. The summed E-state index contributed by atoms with van der Waals surface area (Å²) in [6.45, 7) is 1.50. The monoisotopic (exact) mass is 204 g/mol. The van der Waals surface area contributed by atoms with Crippen LogP contribution in [-0.4, -0.2) is 18.7 Å². The van der Waals surface area contributed by atoms with Gasteiger partial charge in [0.25, 0.3) is 0 Å².